The van der Waals surface area contributed by atoms with Crippen LogP contribution < -0.4 is 10.1 Å². The standard InChI is InChI=1S/C11H16BrNO2S/c1-11(2,6-12)7-13-10(14)9-4-8(15-3)5-16-9/h4-5H,6-7H2,1-3H3,(H,13,14). The molecule has 1 rings (SSSR count). The lowest BCUT2D eigenvalue weighted by Crippen LogP contribution is -2.34. The van der Waals surface area contributed by atoms with Gasteiger partial charge in [-0.05, 0) is 5.41 Å². The highest BCUT2D eigenvalue weighted by Crippen LogP contribution is 2.21. The van der Waals surface area contributed by atoms with Crippen molar-refractivity contribution in [2.24, 2.45) is 5.41 Å². The number of halogens is 1. The molecule has 0 fully saturated rings. The summed E-state index contributed by atoms with van der Waals surface area (Å²) in [7, 11) is 1.59. The van der Waals surface area contributed by atoms with E-state index in [0.29, 0.717) is 11.4 Å². The second-order valence-corrected chi connectivity index (χ2v) is 5.80. The first-order chi connectivity index (χ1) is 7.48. The van der Waals surface area contributed by atoms with Crippen LogP contribution in [0.15, 0.2) is 11.4 Å². The average Bonchev–Trinajstić information content (AvgIpc) is 2.74. The first-order valence-corrected chi connectivity index (χ1v) is 6.95. The van der Waals surface area contributed by atoms with Crippen LogP contribution in [0.2, 0.25) is 0 Å². The van der Waals surface area contributed by atoms with Crippen LogP contribution in [0.3, 0.4) is 0 Å². The van der Waals surface area contributed by atoms with Crippen LogP contribution in [0.1, 0.15) is 23.5 Å². The van der Waals surface area contributed by atoms with Gasteiger partial charge in [0.1, 0.15) is 5.75 Å². The highest BCUT2D eigenvalue weighted by atomic mass is 79.9. The monoisotopic (exact) mass is 305 g/mol. The highest BCUT2D eigenvalue weighted by Gasteiger charge is 2.18. The van der Waals surface area contributed by atoms with Gasteiger partial charge in [-0.1, -0.05) is 29.8 Å². The molecule has 0 radical (unpaired) electrons. The van der Waals surface area contributed by atoms with E-state index in [1.807, 2.05) is 5.38 Å². The third-order valence-electron chi connectivity index (χ3n) is 2.12. The van der Waals surface area contributed by atoms with Crippen LogP contribution in [0, 0.1) is 5.41 Å². The van der Waals surface area contributed by atoms with E-state index in [0.717, 1.165) is 11.1 Å². The third kappa shape index (κ3) is 3.79. The van der Waals surface area contributed by atoms with Gasteiger partial charge in [-0.15, -0.1) is 11.3 Å². The number of rotatable bonds is 5. The molecule has 0 saturated carbocycles. The number of alkyl halides is 1. The third-order valence-corrected chi connectivity index (χ3v) is 4.55. The van der Waals surface area contributed by atoms with Crippen molar-refractivity contribution in [3.8, 4) is 5.75 Å². The molecule has 1 amide bonds. The van der Waals surface area contributed by atoms with Gasteiger partial charge in [0.15, 0.2) is 0 Å². The molecule has 0 atom stereocenters. The molecule has 0 aliphatic rings. The molecule has 0 aromatic carbocycles. The van der Waals surface area contributed by atoms with Crippen molar-refractivity contribution in [3.63, 3.8) is 0 Å². The van der Waals surface area contributed by atoms with Crippen LogP contribution in [0.25, 0.3) is 0 Å². The van der Waals surface area contributed by atoms with E-state index in [1.54, 1.807) is 13.2 Å². The van der Waals surface area contributed by atoms with Gasteiger partial charge in [0.25, 0.3) is 5.91 Å². The lowest BCUT2D eigenvalue weighted by atomic mass is 9.97. The summed E-state index contributed by atoms with van der Waals surface area (Å²) >= 11 is 4.82. The maximum atomic E-state index is 11.8. The lowest BCUT2D eigenvalue weighted by molar-refractivity contribution is 0.0944. The minimum atomic E-state index is -0.0395. The Kier molecular flexibility index (Phi) is 4.80. The molecule has 5 heteroatoms. The first-order valence-electron chi connectivity index (χ1n) is 4.95. The number of methoxy groups -OCH3 is 1. The molecule has 0 unspecified atom stereocenters. The predicted octanol–water partition coefficient (Wildman–Crippen LogP) is 2.91. The molecular formula is C11H16BrNO2S. The van der Waals surface area contributed by atoms with E-state index in [2.05, 4.69) is 35.1 Å². The van der Waals surface area contributed by atoms with Gasteiger partial charge in [0.05, 0.1) is 12.0 Å². The number of carbonyl (C=O) groups excluding carboxylic acids is 1. The average molecular weight is 306 g/mol. The Morgan fingerprint density at radius 2 is 2.31 bits per heavy atom. The molecule has 1 N–H and O–H groups in total. The minimum Gasteiger partial charge on any atom is -0.496 e. The van der Waals surface area contributed by atoms with Crippen LogP contribution in [0.4, 0.5) is 0 Å². The van der Waals surface area contributed by atoms with E-state index in [1.165, 1.54) is 11.3 Å². The van der Waals surface area contributed by atoms with Gasteiger partial charge in [-0.3, -0.25) is 4.79 Å². The summed E-state index contributed by atoms with van der Waals surface area (Å²) in [6.07, 6.45) is 0. The number of nitrogens with one attached hydrogen (secondary N) is 1. The quantitative estimate of drug-likeness (QED) is 0.850. The van der Waals surface area contributed by atoms with Crippen molar-refractivity contribution < 1.29 is 9.53 Å². The molecule has 0 bridgehead atoms. The Balaban J connectivity index is 2.53. The van der Waals surface area contributed by atoms with Crippen molar-refractivity contribution in [1.82, 2.24) is 5.32 Å². The summed E-state index contributed by atoms with van der Waals surface area (Å²) < 4.78 is 5.03. The van der Waals surface area contributed by atoms with Gasteiger partial charge < -0.3 is 10.1 Å². The summed E-state index contributed by atoms with van der Waals surface area (Å²) in [6, 6.07) is 1.75. The lowest BCUT2D eigenvalue weighted by Gasteiger charge is -2.21. The SMILES string of the molecule is COc1csc(C(=O)NCC(C)(C)CBr)c1. The predicted molar refractivity (Wildman–Crippen MR) is 70.8 cm³/mol. The Morgan fingerprint density at radius 1 is 1.62 bits per heavy atom. The summed E-state index contributed by atoms with van der Waals surface area (Å²) in [5.74, 6) is 0.692. The molecule has 0 spiro atoms. The molecule has 1 aromatic heterocycles. The fourth-order valence-electron chi connectivity index (χ4n) is 0.999. The summed E-state index contributed by atoms with van der Waals surface area (Å²) in [6.45, 7) is 4.84. The van der Waals surface area contributed by atoms with Crippen LogP contribution in [0.5, 0.6) is 5.75 Å². The van der Waals surface area contributed by atoms with Crippen molar-refractivity contribution >= 4 is 33.2 Å². The van der Waals surface area contributed by atoms with Gasteiger partial charge in [0.2, 0.25) is 0 Å². The Morgan fingerprint density at radius 3 is 2.81 bits per heavy atom. The van der Waals surface area contributed by atoms with E-state index in [-0.39, 0.29) is 11.3 Å². The topological polar surface area (TPSA) is 38.3 Å². The summed E-state index contributed by atoms with van der Waals surface area (Å²) in [4.78, 5) is 12.4. The maximum absolute atomic E-state index is 11.8. The van der Waals surface area contributed by atoms with Gasteiger partial charge in [-0.2, -0.15) is 0 Å². The smallest absolute Gasteiger partial charge is 0.261 e. The number of ether oxygens (including phenoxy) is 1. The van der Waals surface area contributed by atoms with E-state index in [4.69, 9.17) is 4.74 Å². The number of hydrogen-bond donors (Lipinski definition) is 1. The zero-order valence-electron chi connectivity index (χ0n) is 9.67. The van der Waals surface area contributed by atoms with Crippen LogP contribution in [-0.4, -0.2) is 24.9 Å². The number of thiophene rings is 1. The fourth-order valence-corrected chi connectivity index (χ4v) is 1.97. The minimum absolute atomic E-state index is 0.0395. The molecule has 0 saturated heterocycles. The van der Waals surface area contributed by atoms with Gasteiger partial charge in [0, 0.05) is 23.3 Å². The van der Waals surface area contributed by atoms with E-state index in [9.17, 15) is 4.79 Å². The zero-order valence-corrected chi connectivity index (χ0v) is 12.1. The first kappa shape index (κ1) is 13.5. The van der Waals surface area contributed by atoms with Crippen LogP contribution in [-0.2, 0) is 0 Å². The van der Waals surface area contributed by atoms with Gasteiger partial charge >= 0.3 is 0 Å². The number of hydrogen-bond acceptors (Lipinski definition) is 3. The summed E-state index contributed by atoms with van der Waals surface area (Å²) in [5.41, 5.74) is 0.0665. The van der Waals surface area contributed by atoms with Crippen molar-refractivity contribution in [1.29, 1.82) is 0 Å². The van der Waals surface area contributed by atoms with Crippen molar-refractivity contribution in [2.45, 2.75) is 13.8 Å². The Bertz CT molecular complexity index is 363. The summed E-state index contributed by atoms with van der Waals surface area (Å²) in [5, 5.41) is 5.59. The molecule has 0 aliphatic heterocycles. The van der Waals surface area contributed by atoms with Crippen molar-refractivity contribution in [2.75, 3.05) is 19.0 Å². The Hall–Kier alpha value is -0.550. The number of amides is 1. The largest absolute Gasteiger partial charge is 0.496 e. The second kappa shape index (κ2) is 5.68. The molecular weight excluding hydrogens is 290 g/mol. The van der Waals surface area contributed by atoms with Crippen LogP contribution >= 0.6 is 27.3 Å². The second-order valence-electron chi connectivity index (χ2n) is 4.33. The molecule has 1 heterocycles. The maximum Gasteiger partial charge on any atom is 0.261 e. The molecule has 0 aliphatic carbocycles. The normalized spacial score (nSPS) is 11.2. The zero-order chi connectivity index (χ0) is 12.2. The van der Waals surface area contributed by atoms with Gasteiger partial charge in [-0.25, -0.2) is 0 Å². The number of carbonyl (C=O) groups is 1. The Labute approximate surface area is 108 Å². The molecule has 90 valence electrons. The van der Waals surface area contributed by atoms with E-state index >= 15 is 0 Å². The molecule has 16 heavy (non-hydrogen) atoms. The molecule has 3 nitrogen and oxygen atoms in total. The van der Waals surface area contributed by atoms with Crippen molar-refractivity contribution in [3.05, 3.63) is 16.3 Å². The molecule has 1 aromatic rings. The fraction of sp³-hybridized carbons (Fsp3) is 0.545. The highest BCUT2D eigenvalue weighted by molar-refractivity contribution is 9.09. The van der Waals surface area contributed by atoms with E-state index < -0.39 is 0 Å².